The van der Waals surface area contributed by atoms with E-state index in [9.17, 15) is 0 Å². The van der Waals surface area contributed by atoms with Crippen LogP contribution in [-0.2, 0) is 4.74 Å². The molecule has 3 aromatic rings. The van der Waals surface area contributed by atoms with Gasteiger partial charge in [0.2, 0.25) is 17.8 Å². The minimum Gasteiger partial charge on any atom is -0.378 e. The van der Waals surface area contributed by atoms with Crippen molar-refractivity contribution in [2.45, 2.75) is 6.92 Å². The summed E-state index contributed by atoms with van der Waals surface area (Å²) >= 11 is 0. The third-order valence-corrected chi connectivity index (χ3v) is 5.68. The van der Waals surface area contributed by atoms with E-state index >= 15 is 0 Å². The number of rotatable bonds is 4. The van der Waals surface area contributed by atoms with Crippen LogP contribution >= 0.6 is 0 Å². The van der Waals surface area contributed by atoms with Gasteiger partial charge in [0.15, 0.2) is 5.65 Å². The number of nitrogen functional groups attached to an aromatic ring is 1. The zero-order chi connectivity index (χ0) is 20.5. The van der Waals surface area contributed by atoms with Crippen molar-refractivity contribution in [3.63, 3.8) is 0 Å². The number of aromatic nitrogens is 6. The number of hydrogen-bond acceptors (Lipinski definition) is 10. The van der Waals surface area contributed by atoms with Crippen molar-refractivity contribution < 1.29 is 4.74 Å². The summed E-state index contributed by atoms with van der Waals surface area (Å²) in [5.41, 5.74) is 8.61. The molecule has 0 spiro atoms. The minimum atomic E-state index is 0.233. The van der Waals surface area contributed by atoms with E-state index in [1.807, 2.05) is 0 Å². The molecule has 0 aromatic carbocycles. The molecule has 5 rings (SSSR count). The van der Waals surface area contributed by atoms with Crippen LogP contribution < -0.4 is 15.5 Å². The van der Waals surface area contributed by atoms with E-state index in [1.165, 1.54) is 0 Å². The van der Waals surface area contributed by atoms with Crippen molar-refractivity contribution in [2.75, 3.05) is 74.6 Å². The summed E-state index contributed by atoms with van der Waals surface area (Å²) in [5, 5.41) is 0. The molecule has 2 aliphatic rings. The van der Waals surface area contributed by atoms with Crippen LogP contribution in [0.5, 0.6) is 0 Å². The minimum absolute atomic E-state index is 0.233. The van der Waals surface area contributed by atoms with E-state index in [0.717, 1.165) is 68.5 Å². The SMILES string of the molecule is CCN1CCN(c2nc3nc(N4CCOCC4)nc(-c4cnc(N)nc4)c3[nH]2)CC1. The van der Waals surface area contributed by atoms with Gasteiger partial charge in [0.1, 0.15) is 11.2 Å². The van der Waals surface area contributed by atoms with Crippen LogP contribution in [0.1, 0.15) is 6.92 Å². The fraction of sp³-hybridized carbons (Fsp3) is 0.526. The molecule has 2 aliphatic heterocycles. The Bertz CT molecular complexity index is 1010. The summed E-state index contributed by atoms with van der Waals surface area (Å²) in [7, 11) is 0. The summed E-state index contributed by atoms with van der Waals surface area (Å²) < 4.78 is 5.47. The maximum absolute atomic E-state index is 5.68. The van der Waals surface area contributed by atoms with Gasteiger partial charge in [-0.3, -0.25) is 0 Å². The molecule has 0 aliphatic carbocycles. The number of H-pyrrole nitrogens is 1. The number of aromatic amines is 1. The predicted octanol–water partition coefficient (Wildman–Crippen LogP) is 0.371. The molecule has 0 amide bonds. The van der Waals surface area contributed by atoms with Crippen LogP contribution in [0.15, 0.2) is 12.4 Å². The molecule has 158 valence electrons. The number of imidazole rings is 1. The van der Waals surface area contributed by atoms with E-state index < -0.39 is 0 Å². The fourth-order valence-corrected chi connectivity index (χ4v) is 3.87. The van der Waals surface area contributed by atoms with Crippen LogP contribution in [0.3, 0.4) is 0 Å². The topological polar surface area (TPSA) is 125 Å². The number of nitrogens with two attached hydrogens (primary N) is 1. The molecule has 11 nitrogen and oxygen atoms in total. The normalized spacial score (nSPS) is 18.3. The number of morpholine rings is 1. The van der Waals surface area contributed by atoms with Crippen molar-refractivity contribution in [3.8, 4) is 11.3 Å². The zero-order valence-corrected chi connectivity index (χ0v) is 17.1. The molecule has 11 heteroatoms. The first kappa shape index (κ1) is 18.9. The smallest absolute Gasteiger partial charge is 0.228 e. The first-order valence-electron chi connectivity index (χ1n) is 10.4. The zero-order valence-electron chi connectivity index (χ0n) is 17.1. The third kappa shape index (κ3) is 3.61. The number of anilines is 3. The Balaban J connectivity index is 1.56. The second-order valence-corrected chi connectivity index (χ2v) is 7.48. The third-order valence-electron chi connectivity index (χ3n) is 5.68. The molecule has 2 fully saturated rings. The van der Waals surface area contributed by atoms with Crippen molar-refractivity contribution in [2.24, 2.45) is 0 Å². The molecular weight excluding hydrogens is 384 g/mol. The average Bonchev–Trinajstić information content (AvgIpc) is 3.24. The van der Waals surface area contributed by atoms with E-state index in [0.29, 0.717) is 24.8 Å². The largest absolute Gasteiger partial charge is 0.378 e. The molecule has 30 heavy (non-hydrogen) atoms. The van der Waals surface area contributed by atoms with Crippen molar-refractivity contribution in [3.05, 3.63) is 12.4 Å². The number of fused-ring (bicyclic) bond motifs is 1. The molecule has 2 saturated heterocycles. The lowest BCUT2D eigenvalue weighted by Crippen LogP contribution is -2.46. The Labute approximate surface area is 174 Å². The molecule has 5 heterocycles. The van der Waals surface area contributed by atoms with E-state index in [-0.39, 0.29) is 5.95 Å². The van der Waals surface area contributed by atoms with Gasteiger partial charge >= 0.3 is 0 Å². The summed E-state index contributed by atoms with van der Waals surface area (Å²) in [6.07, 6.45) is 3.38. The van der Waals surface area contributed by atoms with Gasteiger partial charge in [-0.05, 0) is 6.54 Å². The fourth-order valence-electron chi connectivity index (χ4n) is 3.87. The van der Waals surface area contributed by atoms with Crippen LogP contribution in [0, 0.1) is 0 Å². The molecule has 3 N–H and O–H groups in total. The van der Waals surface area contributed by atoms with Crippen LogP contribution in [0.2, 0.25) is 0 Å². The van der Waals surface area contributed by atoms with Crippen LogP contribution in [0.4, 0.5) is 17.8 Å². The van der Waals surface area contributed by atoms with Gasteiger partial charge in [-0.1, -0.05) is 6.92 Å². The number of ether oxygens (including phenoxy) is 1. The maximum atomic E-state index is 5.68. The van der Waals surface area contributed by atoms with Gasteiger partial charge in [-0.15, -0.1) is 0 Å². The highest BCUT2D eigenvalue weighted by molar-refractivity contribution is 5.89. The number of piperazine rings is 1. The Hall–Kier alpha value is -3.05. The van der Waals surface area contributed by atoms with E-state index in [4.69, 9.17) is 25.4 Å². The Kier molecular flexibility index (Phi) is 5.05. The second kappa shape index (κ2) is 8.00. The van der Waals surface area contributed by atoms with Crippen molar-refractivity contribution in [1.82, 2.24) is 34.8 Å². The van der Waals surface area contributed by atoms with Crippen molar-refractivity contribution in [1.29, 1.82) is 0 Å². The highest BCUT2D eigenvalue weighted by Gasteiger charge is 2.23. The number of nitrogens with zero attached hydrogens (tertiary/aromatic N) is 8. The highest BCUT2D eigenvalue weighted by Crippen LogP contribution is 2.29. The molecule has 0 saturated carbocycles. The molecule has 0 atom stereocenters. The van der Waals surface area contributed by atoms with Gasteiger partial charge in [-0.2, -0.15) is 9.97 Å². The van der Waals surface area contributed by atoms with Gasteiger partial charge < -0.3 is 30.2 Å². The summed E-state index contributed by atoms with van der Waals surface area (Å²) in [5.74, 6) is 1.70. The summed E-state index contributed by atoms with van der Waals surface area (Å²) in [6.45, 7) is 10.00. The lowest BCUT2D eigenvalue weighted by Gasteiger charge is -2.33. The van der Waals surface area contributed by atoms with Crippen LogP contribution in [0.25, 0.3) is 22.4 Å². The molecule has 0 bridgehead atoms. The van der Waals surface area contributed by atoms with Gasteiger partial charge in [0.05, 0.1) is 13.2 Å². The Morgan fingerprint density at radius 3 is 2.40 bits per heavy atom. The summed E-state index contributed by atoms with van der Waals surface area (Å²) in [4.78, 5) is 33.0. The van der Waals surface area contributed by atoms with E-state index in [2.05, 4.69) is 36.6 Å². The van der Waals surface area contributed by atoms with Gasteiger partial charge in [0, 0.05) is 57.2 Å². The van der Waals surface area contributed by atoms with Gasteiger partial charge in [0.25, 0.3) is 0 Å². The van der Waals surface area contributed by atoms with Crippen LogP contribution in [-0.4, -0.2) is 93.8 Å². The molecule has 0 radical (unpaired) electrons. The Morgan fingerprint density at radius 1 is 0.967 bits per heavy atom. The Morgan fingerprint density at radius 2 is 1.70 bits per heavy atom. The first-order valence-corrected chi connectivity index (χ1v) is 10.4. The standard InChI is InChI=1S/C19H26N10O/c1-2-27-3-5-28(6-4-27)19-24-15-14(13-11-21-17(20)22-12-13)23-18(25-16(15)26-19)29-7-9-30-10-8-29/h11-12H,2-10H2,1H3,(H2,20,21,22)(H,23,24,25,26). The monoisotopic (exact) mass is 410 g/mol. The number of likely N-dealkylation sites (N-methyl/N-ethyl adjacent to an activating group) is 1. The number of hydrogen-bond donors (Lipinski definition) is 2. The predicted molar refractivity (Wildman–Crippen MR) is 114 cm³/mol. The quantitative estimate of drug-likeness (QED) is 0.623. The van der Waals surface area contributed by atoms with Crippen molar-refractivity contribution >= 4 is 29.0 Å². The molecule has 0 unspecified atom stereocenters. The van der Waals surface area contributed by atoms with E-state index in [1.54, 1.807) is 12.4 Å². The lowest BCUT2D eigenvalue weighted by molar-refractivity contribution is 0.122. The lowest BCUT2D eigenvalue weighted by atomic mass is 10.2. The highest BCUT2D eigenvalue weighted by atomic mass is 16.5. The molecular formula is C19H26N10O. The molecule has 3 aromatic heterocycles. The average molecular weight is 410 g/mol. The number of nitrogens with one attached hydrogen (secondary N) is 1. The maximum Gasteiger partial charge on any atom is 0.228 e. The first-order chi connectivity index (χ1) is 14.7. The van der Waals surface area contributed by atoms with Gasteiger partial charge in [-0.25, -0.2) is 15.0 Å². The summed E-state index contributed by atoms with van der Waals surface area (Å²) in [6, 6.07) is 0. The second-order valence-electron chi connectivity index (χ2n) is 7.48.